The number of rotatable bonds is 5. The molecule has 1 rings (SSSR count). The summed E-state index contributed by atoms with van der Waals surface area (Å²) >= 11 is 0. The van der Waals surface area contributed by atoms with Crippen LogP contribution >= 0.6 is 0 Å². The molecule has 0 bridgehead atoms. The van der Waals surface area contributed by atoms with Crippen LogP contribution in [-0.2, 0) is 14.8 Å². The molecule has 0 aliphatic rings. The molecule has 100 valence electrons. The first-order chi connectivity index (χ1) is 8.29. The minimum Gasteiger partial charge on any atom is -0.304 e. The normalized spacial score (nSPS) is 12.2. The Hall–Kier alpha value is -1.40. The summed E-state index contributed by atoms with van der Waals surface area (Å²) in [5.74, 6) is -0.576. The smallest absolute Gasteiger partial charge is 0.264 e. The first-order valence-electron chi connectivity index (χ1n) is 5.67. The molecule has 1 aromatic rings. The average Bonchev–Trinajstić information content (AvgIpc) is 2.29. The second-order valence-electron chi connectivity index (χ2n) is 4.40. The van der Waals surface area contributed by atoms with E-state index in [1.807, 2.05) is 6.92 Å². The van der Waals surface area contributed by atoms with Crippen molar-refractivity contribution in [2.45, 2.75) is 31.2 Å². The largest absolute Gasteiger partial charge is 0.304 e. The number of nitrogens with one attached hydrogen (secondary N) is 2. The highest BCUT2D eigenvalue weighted by Gasteiger charge is 2.30. The van der Waals surface area contributed by atoms with E-state index in [0.29, 0.717) is 6.54 Å². The molecule has 5 nitrogen and oxygen atoms in total. The molecule has 0 saturated heterocycles. The maximum absolute atomic E-state index is 11.9. The van der Waals surface area contributed by atoms with Gasteiger partial charge in [0.05, 0.1) is 10.4 Å². The number of hydrogen-bond donors (Lipinski definition) is 2. The lowest BCUT2D eigenvalue weighted by molar-refractivity contribution is -0.124. The predicted molar refractivity (Wildman–Crippen MR) is 69.5 cm³/mol. The molecular weight excluding hydrogens is 252 g/mol. The van der Waals surface area contributed by atoms with Gasteiger partial charge in [0.1, 0.15) is 0 Å². The monoisotopic (exact) mass is 270 g/mol. The van der Waals surface area contributed by atoms with Crippen molar-refractivity contribution in [2.75, 3.05) is 6.54 Å². The van der Waals surface area contributed by atoms with Gasteiger partial charge in [-0.15, -0.1) is 0 Å². The van der Waals surface area contributed by atoms with Crippen molar-refractivity contribution in [3.8, 4) is 0 Å². The van der Waals surface area contributed by atoms with Crippen LogP contribution in [0.4, 0.5) is 0 Å². The molecule has 0 unspecified atom stereocenters. The number of amides is 1. The van der Waals surface area contributed by atoms with E-state index >= 15 is 0 Å². The molecule has 0 aromatic heterocycles. The Bertz CT molecular complexity index is 509. The molecule has 0 heterocycles. The van der Waals surface area contributed by atoms with Gasteiger partial charge in [-0.2, -0.15) is 0 Å². The van der Waals surface area contributed by atoms with Crippen molar-refractivity contribution in [3.63, 3.8) is 0 Å². The fraction of sp³-hybridized carbons (Fsp3) is 0.417. The first-order valence-corrected chi connectivity index (χ1v) is 7.15. The second kappa shape index (κ2) is 5.49. The van der Waals surface area contributed by atoms with Crippen LogP contribution in [0.1, 0.15) is 20.8 Å². The second-order valence-corrected chi connectivity index (χ2v) is 6.09. The van der Waals surface area contributed by atoms with Crippen molar-refractivity contribution in [1.82, 2.24) is 10.0 Å². The van der Waals surface area contributed by atoms with Crippen molar-refractivity contribution < 1.29 is 13.2 Å². The Balaban J connectivity index is 2.88. The maximum atomic E-state index is 11.9. The molecule has 0 radical (unpaired) electrons. The van der Waals surface area contributed by atoms with E-state index in [4.69, 9.17) is 0 Å². The van der Waals surface area contributed by atoms with Gasteiger partial charge in [0.2, 0.25) is 0 Å². The van der Waals surface area contributed by atoms with Crippen LogP contribution in [0.3, 0.4) is 0 Å². The molecule has 0 aliphatic heterocycles. The zero-order chi connectivity index (χ0) is 13.8. The minimum absolute atomic E-state index is 0.0747. The molecule has 0 fully saturated rings. The number of carbonyl (C=O) groups excluding carboxylic acids is 1. The molecule has 0 aliphatic carbocycles. The van der Waals surface area contributed by atoms with Gasteiger partial charge in [0.25, 0.3) is 15.9 Å². The Morgan fingerprint density at radius 1 is 1.22 bits per heavy atom. The average molecular weight is 270 g/mol. The van der Waals surface area contributed by atoms with Crippen LogP contribution in [0, 0.1) is 0 Å². The highest BCUT2D eigenvalue weighted by atomic mass is 32.2. The fourth-order valence-corrected chi connectivity index (χ4v) is 2.56. The standard InChI is InChI=1S/C12H18N2O3S/c1-4-13-12(2,3)11(15)14-18(16,17)10-8-6-5-7-9-10/h5-9,13H,4H2,1-3H3,(H,14,15). The van der Waals surface area contributed by atoms with E-state index in [1.165, 1.54) is 12.1 Å². The van der Waals surface area contributed by atoms with Gasteiger partial charge in [-0.25, -0.2) is 13.1 Å². The Labute approximate surface area is 108 Å². The number of benzene rings is 1. The third-order valence-electron chi connectivity index (χ3n) is 2.47. The molecule has 0 saturated carbocycles. The predicted octanol–water partition coefficient (Wildman–Crippen LogP) is 0.880. The van der Waals surface area contributed by atoms with E-state index in [0.717, 1.165) is 0 Å². The molecule has 2 N–H and O–H groups in total. The first kappa shape index (κ1) is 14.7. The van der Waals surface area contributed by atoms with Crippen molar-refractivity contribution >= 4 is 15.9 Å². The maximum Gasteiger partial charge on any atom is 0.264 e. The van der Waals surface area contributed by atoms with Gasteiger partial charge < -0.3 is 5.32 Å². The topological polar surface area (TPSA) is 75.3 Å². The quantitative estimate of drug-likeness (QED) is 0.833. The van der Waals surface area contributed by atoms with Gasteiger partial charge in [-0.1, -0.05) is 25.1 Å². The van der Waals surface area contributed by atoms with E-state index < -0.39 is 21.5 Å². The molecule has 1 aromatic carbocycles. The number of carbonyl (C=O) groups is 1. The lowest BCUT2D eigenvalue weighted by Gasteiger charge is -2.24. The van der Waals surface area contributed by atoms with Crippen LogP contribution in [0.5, 0.6) is 0 Å². The van der Waals surface area contributed by atoms with Crippen LogP contribution < -0.4 is 10.0 Å². The SMILES string of the molecule is CCNC(C)(C)C(=O)NS(=O)(=O)c1ccccc1. The molecule has 0 atom stereocenters. The third-order valence-corrected chi connectivity index (χ3v) is 3.81. The van der Waals surface area contributed by atoms with E-state index in [9.17, 15) is 13.2 Å². The Morgan fingerprint density at radius 2 is 1.78 bits per heavy atom. The Kier molecular flexibility index (Phi) is 4.48. The zero-order valence-electron chi connectivity index (χ0n) is 10.7. The highest BCUT2D eigenvalue weighted by Crippen LogP contribution is 2.09. The highest BCUT2D eigenvalue weighted by molar-refractivity contribution is 7.90. The number of hydrogen-bond acceptors (Lipinski definition) is 4. The summed E-state index contributed by atoms with van der Waals surface area (Å²) in [4.78, 5) is 12.0. The summed E-state index contributed by atoms with van der Waals surface area (Å²) in [5.41, 5.74) is -0.934. The van der Waals surface area contributed by atoms with Crippen LogP contribution in [0.25, 0.3) is 0 Å². The fourth-order valence-electron chi connectivity index (χ4n) is 1.43. The summed E-state index contributed by atoms with van der Waals surface area (Å²) in [6.07, 6.45) is 0. The lowest BCUT2D eigenvalue weighted by Crippen LogP contribution is -2.53. The molecule has 18 heavy (non-hydrogen) atoms. The summed E-state index contributed by atoms with van der Waals surface area (Å²) in [6, 6.07) is 7.80. The molecular formula is C12H18N2O3S. The van der Waals surface area contributed by atoms with Crippen LogP contribution in [-0.4, -0.2) is 26.4 Å². The van der Waals surface area contributed by atoms with Crippen molar-refractivity contribution in [2.24, 2.45) is 0 Å². The van der Waals surface area contributed by atoms with Crippen LogP contribution in [0.15, 0.2) is 35.2 Å². The zero-order valence-corrected chi connectivity index (χ0v) is 11.5. The van der Waals surface area contributed by atoms with Gasteiger partial charge in [-0.05, 0) is 32.5 Å². The Morgan fingerprint density at radius 3 is 2.28 bits per heavy atom. The van der Waals surface area contributed by atoms with Gasteiger partial charge >= 0.3 is 0 Å². The minimum atomic E-state index is -3.80. The summed E-state index contributed by atoms with van der Waals surface area (Å²) in [7, 11) is -3.80. The van der Waals surface area contributed by atoms with E-state index in [-0.39, 0.29) is 4.90 Å². The van der Waals surface area contributed by atoms with Gasteiger partial charge in [0.15, 0.2) is 0 Å². The van der Waals surface area contributed by atoms with E-state index in [1.54, 1.807) is 32.0 Å². The van der Waals surface area contributed by atoms with Crippen molar-refractivity contribution in [3.05, 3.63) is 30.3 Å². The third kappa shape index (κ3) is 3.54. The summed E-state index contributed by atoms with van der Waals surface area (Å²) in [5, 5.41) is 2.92. The van der Waals surface area contributed by atoms with Crippen LogP contribution in [0.2, 0.25) is 0 Å². The van der Waals surface area contributed by atoms with E-state index in [2.05, 4.69) is 10.0 Å². The number of sulfonamides is 1. The lowest BCUT2D eigenvalue weighted by atomic mass is 10.1. The summed E-state index contributed by atoms with van der Waals surface area (Å²) in [6.45, 7) is 5.69. The number of likely N-dealkylation sites (N-methyl/N-ethyl adjacent to an activating group) is 1. The molecule has 0 spiro atoms. The molecule has 1 amide bonds. The summed E-state index contributed by atoms with van der Waals surface area (Å²) < 4.78 is 25.9. The van der Waals surface area contributed by atoms with Gasteiger partial charge in [-0.3, -0.25) is 4.79 Å². The molecule has 6 heteroatoms. The van der Waals surface area contributed by atoms with Crippen molar-refractivity contribution in [1.29, 1.82) is 0 Å². The van der Waals surface area contributed by atoms with Gasteiger partial charge in [0, 0.05) is 0 Å².